The molecule has 19 heteroatoms. The number of aromatic amines is 1. The number of hydrogen-bond acceptors (Lipinski definition) is 12. The number of hydrogen-bond donors (Lipinski definition) is 3. The van der Waals surface area contributed by atoms with Gasteiger partial charge in [-0.2, -0.15) is 5.10 Å². The Kier molecular flexibility index (Phi) is 15.7. The molecule has 2 aromatic carbocycles. The molecule has 1 unspecified atom stereocenters. The van der Waals surface area contributed by atoms with E-state index in [0.29, 0.717) is 46.6 Å². The van der Waals surface area contributed by atoms with Crippen molar-refractivity contribution in [2.45, 2.75) is 51.9 Å². The highest BCUT2D eigenvalue weighted by Crippen LogP contribution is 2.23. The maximum atomic E-state index is 15.1. The molecule has 3 N–H and O–H groups in total. The Morgan fingerprint density at radius 3 is 2.45 bits per heavy atom. The number of H-pyrrole nitrogens is 1. The molecule has 0 saturated carbocycles. The number of aliphatic hydroxyl groups is 1. The summed E-state index contributed by atoms with van der Waals surface area (Å²) >= 11 is 0. The lowest BCUT2D eigenvalue weighted by Crippen LogP contribution is -2.55. The molecule has 0 radical (unpaired) electrons. The van der Waals surface area contributed by atoms with Crippen LogP contribution in [0.4, 0.5) is 15.1 Å². The number of nitrogens with zero attached hydrogens (tertiary/aromatic N) is 6. The lowest BCUT2D eigenvalue weighted by molar-refractivity contribution is -0.133. The number of aromatic nitrogens is 2. The summed E-state index contributed by atoms with van der Waals surface area (Å²) in [6, 6.07) is 14.7. The number of furan rings is 1. The number of aliphatic hydroxyl groups excluding tert-OH is 1. The van der Waals surface area contributed by atoms with Crippen LogP contribution in [0, 0.1) is 5.82 Å². The first-order chi connectivity index (χ1) is 30.6. The van der Waals surface area contributed by atoms with Crippen molar-refractivity contribution in [1.82, 2.24) is 35.1 Å². The van der Waals surface area contributed by atoms with E-state index >= 15 is 4.39 Å². The summed E-state index contributed by atoms with van der Waals surface area (Å²) < 4.78 is 32.2. The second kappa shape index (κ2) is 21.3. The van der Waals surface area contributed by atoms with Gasteiger partial charge in [-0.1, -0.05) is 30.8 Å². The molecule has 64 heavy (non-hydrogen) atoms. The average Bonchev–Trinajstić information content (AvgIpc) is 3.75. The number of ether oxygens (including phenoxy) is 2. The number of carbonyl (C=O) groups excluding carboxylic acids is 5. The van der Waals surface area contributed by atoms with E-state index in [-0.39, 0.29) is 114 Å². The molecule has 2 aliphatic rings. The van der Waals surface area contributed by atoms with Gasteiger partial charge in [0.1, 0.15) is 30.0 Å². The molecule has 2 aromatic heterocycles. The van der Waals surface area contributed by atoms with Crippen molar-refractivity contribution in [3.05, 3.63) is 106 Å². The number of rotatable bonds is 17. The molecule has 2 fully saturated rings. The molecule has 4 aromatic rings. The Balaban J connectivity index is 0.927. The van der Waals surface area contributed by atoms with Gasteiger partial charge in [0.25, 0.3) is 11.5 Å². The predicted octanol–water partition coefficient (Wildman–Crippen LogP) is 2.69. The Bertz CT molecular complexity index is 2390. The summed E-state index contributed by atoms with van der Waals surface area (Å²) in [6.07, 6.45) is 0.122. The third-order valence-electron chi connectivity index (χ3n) is 10.8. The minimum atomic E-state index is -1.10. The van der Waals surface area contributed by atoms with Gasteiger partial charge in [0.15, 0.2) is 0 Å². The number of benzene rings is 2. The van der Waals surface area contributed by atoms with E-state index in [1.165, 1.54) is 37.8 Å². The van der Waals surface area contributed by atoms with E-state index in [1.54, 1.807) is 68.1 Å². The van der Waals surface area contributed by atoms with Crippen LogP contribution in [-0.4, -0.2) is 155 Å². The van der Waals surface area contributed by atoms with Gasteiger partial charge in [0.05, 0.1) is 36.4 Å². The van der Waals surface area contributed by atoms with Crippen LogP contribution in [0.2, 0.25) is 0 Å². The highest BCUT2D eigenvalue weighted by molar-refractivity contribution is 5.99. The van der Waals surface area contributed by atoms with Crippen molar-refractivity contribution in [2.24, 2.45) is 0 Å². The number of aryl methyl sites for hydroxylation is 1. The summed E-state index contributed by atoms with van der Waals surface area (Å²) in [7, 11) is 0. The van der Waals surface area contributed by atoms with Crippen molar-refractivity contribution in [1.29, 1.82) is 0 Å². The largest absolute Gasteiger partial charge is 0.445 e. The number of fused-ring (bicyclic) bond motifs is 1. The fraction of sp³-hybridized carbons (Fsp3) is 0.444. The number of amides is 5. The number of carbonyl (C=O) groups is 5. The van der Waals surface area contributed by atoms with Gasteiger partial charge in [-0.3, -0.25) is 33.8 Å². The molecule has 18 nitrogen and oxygen atoms in total. The standard InChI is InChI=1S/C45H55FN8O10/c1-5-38(56)52-21-22-54(40(58)29-52)41-15-12-31(63-41)11-14-37(55)47-16-24-62-25-23-53(44(61)64-45(2,3)4)28-39(57)50-17-19-51(20-18-50)43(60)34-26-30(10-13-35(34)46)27-36-32-8-6-7-9-33(32)42(59)49-48-36/h5-10,12-13,15,26,39,57H,1,11,14,16-25,27-29H2,2-4H3,(H,47,55)(H,49,59). The zero-order valence-electron chi connectivity index (χ0n) is 36.3. The highest BCUT2D eigenvalue weighted by atomic mass is 19.1. The number of piperazine rings is 2. The molecule has 342 valence electrons. The monoisotopic (exact) mass is 886 g/mol. The van der Waals surface area contributed by atoms with Crippen molar-refractivity contribution in [3.63, 3.8) is 0 Å². The quantitative estimate of drug-likeness (QED) is 0.103. The predicted molar refractivity (Wildman–Crippen MR) is 233 cm³/mol. The average molecular weight is 887 g/mol. The van der Waals surface area contributed by atoms with Gasteiger partial charge in [0, 0.05) is 83.1 Å². The highest BCUT2D eigenvalue weighted by Gasteiger charge is 2.31. The van der Waals surface area contributed by atoms with Crippen LogP contribution in [0.5, 0.6) is 0 Å². The maximum absolute atomic E-state index is 15.1. The van der Waals surface area contributed by atoms with Crippen LogP contribution in [0.1, 0.15) is 54.6 Å². The molecule has 0 bridgehead atoms. The van der Waals surface area contributed by atoms with E-state index in [1.807, 2.05) is 0 Å². The third kappa shape index (κ3) is 12.4. The maximum Gasteiger partial charge on any atom is 0.410 e. The molecule has 1 atom stereocenters. The Hall–Kier alpha value is -6.44. The molecular formula is C45H55FN8O10. The van der Waals surface area contributed by atoms with Crippen LogP contribution >= 0.6 is 0 Å². The Morgan fingerprint density at radius 1 is 1.00 bits per heavy atom. The van der Waals surface area contributed by atoms with Gasteiger partial charge < -0.3 is 39.0 Å². The van der Waals surface area contributed by atoms with Crippen molar-refractivity contribution >= 4 is 46.4 Å². The fourth-order valence-electron chi connectivity index (χ4n) is 7.37. The SMILES string of the molecule is C=CC(=O)N1CCN(c2ccc(CCC(=O)NCCOCCN(CC(O)N3CCN(C(=O)c4cc(Cc5n[nH]c(=O)c6ccccc56)ccc4F)CC3)C(=O)OC(C)(C)C)o2)C(=O)C1. The molecule has 4 heterocycles. The summed E-state index contributed by atoms with van der Waals surface area (Å²) in [6.45, 7) is 10.6. The topological polar surface area (TPSA) is 211 Å². The van der Waals surface area contributed by atoms with E-state index in [0.717, 1.165) is 0 Å². The van der Waals surface area contributed by atoms with Gasteiger partial charge in [-0.25, -0.2) is 14.3 Å². The first kappa shape index (κ1) is 47.0. The van der Waals surface area contributed by atoms with Crippen molar-refractivity contribution in [2.75, 3.05) is 83.6 Å². The lowest BCUT2D eigenvalue weighted by atomic mass is 10.0. The van der Waals surface area contributed by atoms with Crippen LogP contribution in [0.25, 0.3) is 10.8 Å². The number of nitrogens with one attached hydrogen (secondary N) is 2. The number of halogens is 1. The second-order valence-corrected chi connectivity index (χ2v) is 16.5. The van der Waals surface area contributed by atoms with Crippen LogP contribution in [-0.2, 0) is 36.7 Å². The minimum Gasteiger partial charge on any atom is -0.445 e. The molecule has 6 rings (SSSR count). The van der Waals surface area contributed by atoms with Crippen molar-refractivity contribution < 1.29 is 47.4 Å². The summed E-state index contributed by atoms with van der Waals surface area (Å²) in [4.78, 5) is 83.5. The molecule has 2 saturated heterocycles. The van der Waals surface area contributed by atoms with Crippen molar-refractivity contribution in [3.8, 4) is 0 Å². The summed E-state index contributed by atoms with van der Waals surface area (Å²) in [5, 5.41) is 21.9. The van der Waals surface area contributed by atoms with Gasteiger partial charge >= 0.3 is 6.09 Å². The van der Waals surface area contributed by atoms with Gasteiger partial charge in [-0.15, -0.1) is 0 Å². The first-order valence-electron chi connectivity index (χ1n) is 21.2. The lowest BCUT2D eigenvalue weighted by Gasteiger charge is -2.39. The van der Waals surface area contributed by atoms with Crippen LogP contribution in [0.3, 0.4) is 0 Å². The Labute approximate surface area is 369 Å². The summed E-state index contributed by atoms with van der Waals surface area (Å²) in [5.74, 6) is -1.09. The summed E-state index contributed by atoms with van der Waals surface area (Å²) in [5.41, 5.74) is 0.0194. The third-order valence-corrected chi connectivity index (χ3v) is 10.8. The first-order valence-corrected chi connectivity index (χ1v) is 21.2. The zero-order valence-corrected chi connectivity index (χ0v) is 36.3. The van der Waals surface area contributed by atoms with Gasteiger partial charge in [-0.05, 0) is 56.7 Å². The van der Waals surface area contributed by atoms with E-state index in [9.17, 15) is 33.9 Å². The van der Waals surface area contributed by atoms with E-state index < -0.39 is 29.6 Å². The van der Waals surface area contributed by atoms with Crippen LogP contribution < -0.4 is 15.8 Å². The number of anilines is 1. The molecule has 5 amide bonds. The molecular weight excluding hydrogens is 832 g/mol. The van der Waals surface area contributed by atoms with E-state index in [2.05, 4.69) is 22.1 Å². The molecule has 2 aliphatic heterocycles. The second-order valence-electron chi connectivity index (χ2n) is 16.5. The molecule has 0 aliphatic carbocycles. The molecule has 0 spiro atoms. The smallest absolute Gasteiger partial charge is 0.410 e. The van der Waals surface area contributed by atoms with Gasteiger partial charge in [0.2, 0.25) is 23.6 Å². The minimum absolute atomic E-state index is 0.0714. The Morgan fingerprint density at radius 2 is 1.73 bits per heavy atom. The fourth-order valence-corrected chi connectivity index (χ4v) is 7.37. The normalized spacial score (nSPS) is 15.3. The zero-order chi connectivity index (χ0) is 46.0. The van der Waals surface area contributed by atoms with E-state index in [4.69, 9.17) is 13.9 Å². The van der Waals surface area contributed by atoms with Crippen LogP contribution in [0.15, 0.2) is 76.5 Å².